The van der Waals surface area contributed by atoms with Gasteiger partial charge in [0.05, 0.1) is 11.5 Å². The zero-order chi connectivity index (χ0) is 10.0. The molecule has 1 aromatic carbocycles. The van der Waals surface area contributed by atoms with Gasteiger partial charge in [0.15, 0.2) is 0 Å². The van der Waals surface area contributed by atoms with E-state index in [2.05, 4.69) is 37.3 Å². The van der Waals surface area contributed by atoms with Gasteiger partial charge in [0, 0.05) is 0 Å². The second kappa shape index (κ2) is 3.31. The molecule has 1 aromatic rings. The minimum atomic E-state index is -0.286. The average Bonchev–Trinajstić information content (AvgIpc) is 2.68. The van der Waals surface area contributed by atoms with E-state index in [-0.39, 0.29) is 5.41 Å². The molecule has 1 nitrogen and oxygen atoms in total. The maximum Gasteiger partial charge on any atom is 0.0893 e. The van der Waals surface area contributed by atoms with E-state index in [4.69, 9.17) is 0 Å². The summed E-state index contributed by atoms with van der Waals surface area (Å²) in [6.45, 7) is 2.08. The molecule has 0 atom stereocenters. The average molecular weight is 183 g/mol. The first-order valence-electron chi connectivity index (χ1n) is 4.91. The van der Waals surface area contributed by atoms with Crippen LogP contribution >= 0.6 is 0 Å². The third-order valence-electron chi connectivity index (χ3n) is 2.97. The molecule has 0 saturated carbocycles. The predicted molar refractivity (Wildman–Crippen MR) is 56.8 cm³/mol. The zero-order valence-electron chi connectivity index (χ0n) is 8.33. The number of aryl methyl sites for hydroxylation is 1. The molecule has 0 saturated heterocycles. The lowest BCUT2D eigenvalue weighted by Gasteiger charge is -2.22. The van der Waals surface area contributed by atoms with Gasteiger partial charge < -0.3 is 0 Å². The van der Waals surface area contributed by atoms with Crippen molar-refractivity contribution in [2.75, 3.05) is 0 Å². The van der Waals surface area contributed by atoms with Gasteiger partial charge in [0.25, 0.3) is 0 Å². The molecule has 0 spiro atoms. The van der Waals surface area contributed by atoms with E-state index < -0.39 is 0 Å². The maximum atomic E-state index is 9.30. The number of hydrogen-bond donors (Lipinski definition) is 0. The van der Waals surface area contributed by atoms with Gasteiger partial charge in [-0.15, -0.1) is 0 Å². The minimum absolute atomic E-state index is 0.286. The number of hydrogen-bond acceptors (Lipinski definition) is 1. The molecule has 0 heterocycles. The van der Waals surface area contributed by atoms with Crippen LogP contribution in [0, 0.1) is 18.3 Å². The Morgan fingerprint density at radius 2 is 1.86 bits per heavy atom. The summed E-state index contributed by atoms with van der Waals surface area (Å²) in [4.78, 5) is 0. The van der Waals surface area contributed by atoms with Crippen LogP contribution in [0.15, 0.2) is 36.4 Å². The SMILES string of the molecule is Cc1ccccc1C1(C#N)CC=CC1. The summed E-state index contributed by atoms with van der Waals surface area (Å²) < 4.78 is 0. The van der Waals surface area contributed by atoms with Gasteiger partial charge in [0.2, 0.25) is 0 Å². The largest absolute Gasteiger partial charge is 0.197 e. The van der Waals surface area contributed by atoms with Crippen molar-refractivity contribution < 1.29 is 0 Å². The third-order valence-corrected chi connectivity index (χ3v) is 2.97. The molecule has 0 radical (unpaired) electrons. The fourth-order valence-electron chi connectivity index (χ4n) is 2.13. The van der Waals surface area contributed by atoms with Gasteiger partial charge in [-0.05, 0) is 30.9 Å². The summed E-state index contributed by atoms with van der Waals surface area (Å²) in [6, 6.07) is 10.7. The summed E-state index contributed by atoms with van der Waals surface area (Å²) in [5.41, 5.74) is 2.12. The Bertz CT molecular complexity index is 401. The predicted octanol–water partition coefficient (Wildman–Crippen LogP) is 3.11. The van der Waals surface area contributed by atoms with E-state index >= 15 is 0 Å². The zero-order valence-corrected chi connectivity index (χ0v) is 8.33. The molecule has 14 heavy (non-hydrogen) atoms. The van der Waals surface area contributed by atoms with E-state index in [1.807, 2.05) is 12.1 Å². The smallest absolute Gasteiger partial charge is 0.0893 e. The Balaban J connectivity index is 2.49. The Kier molecular flexibility index (Phi) is 2.13. The van der Waals surface area contributed by atoms with Gasteiger partial charge >= 0.3 is 0 Å². The van der Waals surface area contributed by atoms with Crippen molar-refractivity contribution >= 4 is 0 Å². The Morgan fingerprint density at radius 3 is 2.43 bits per heavy atom. The van der Waals surface area contributed by atoms with Crippen LogP contribution in [-0.2, 0) is 5.41 Å². The van der Waals surface area contributed by atoms with Crippen LogP contribution in [0.1, 0.15) is 24.0 Å². The molecule has 0 N–H and O–H groups in total. The summed E-state index contributed by atoms with van der Waals surface area (Å²) in [6.07, 6.45) is 5.92. The van der Waals surface area contributed by atoms with Crippen LogP contribution in [-0.4, -0.2) is 0 Å². The molecule has 1 aliphatic carbocycles. The Labute approximate surface area is 84.7 Å². The van der Waals surface area contributed by atoms with Crippen molar-refractivity contribution in [3.05, 3.63) is 47.5 Å². The molecular weight excluding hydrogens is 170 g/mol. The first-order chi connectivity index (χ1) is 6.78. The molecule has 0 unspecified atom stereocenters. The second-order valence-corrected chi connectivity index (χ2v) is 3.89. The molecular formula is C13H13N. The molecule has 2 rings (SSSR count). The molecule has 1 heteroatoms. The molecule has 0 fully saturated rings. The highest BCUT2D eigenvalue weighted by Gasteiger charge is 2.33. The highest BCUT2D eigenvalue weighted by atomic mass is 14.4. The van der Waals surface area contributed by atoms with E-state index in [0.717, 1.165) is 12.8 Å². The van der Waals surface area contributed by atoms with Gasteiger partial charge in [-0.2, -0.15) is 5.26 Å². The van der Waals surface area contributed by atoms with Crippen LogP contribution in [0.5, 0.6) is 0 Å². The van der Waals surface area contributed by atoms with E-state index in [9.17, 15) is 5.26 Å². The van der Waals surface area contributed by atoms with Crippen LogP contribution in [0.3, 0.4) is 0 Å². The van der Waals surface area contributed by atoms with E-state index in [0.29, 0.717) is 0 Å². The summed E-state index contributed by atoms with van der Waals surface area (Å²) in [5.74, 6) is 0. The first kappa shape index (κ1) is 9.02. The van der Waals surface area contributed by atoms with Crippen molar-refractivity contribution in [2.45, 2.75) is 25.2 Å². The first-order valence-corrected chi connectivity index (χ1v) is 4.91. The van der Waals surface area contributed by atoms with Crippen molar-refractivity contribution in [1.82, 2.24) is 0 Å². The molecule has 70 valence electrons. The fourth-order valence-corrected chi connectivity index (χ4v) is 2.13. The monoisotopic (exact) mass is 183 g/mol. The lowest BCUT2D eigenvalue weighted by atomic mass is 9.78. The van der Waals surface area contributed by atoms with Gasteiger partial charge in [-0.25, -0.2) is 0 Å². The van der Waals surface area contributed by atoms with Crippen LogP contribution in [0.25, 0.3) is 0 Å². The molecule has 1 aliphatic rings. The lowest BCUT2D eigenvalue weighted by Crippen LogP contribution is -2.20. The van der Waals surface area contributed by atoms with Crippen LogP contribution in [0.2, 0.25) is 0 Å². The maximum absolute atomic E-state index is 9.30. The van der Waals surface area contributed by atoms with Crippen LogP contribution < -0.4 is 0 Å². The molecule has 0 bridgehead atoms. The molecule has 0 aromatic heterocycles. The lowest BCUT2D eigenvalue weighted by molar-refractivity contribution is 0.592. The summed E-state index contributed by atoms with van der Waals surface area (Å²) >= 11 is 0. The highest BCUT2D eigenvalue weighted by molar-refractivity contribution is 5.41. The van der Waals surface area contributed by atoms with Crippen molar-refractivity contribution in [1.29, 1.82) is 5.26 Å². The topological polar surface area (TPSA) is 23.8 Å². The molecule has 0 aliphatic heterocycles. The number of nitriles is 1. The standard InChI is InChI=1S/C13H13N/c1-11-6-2-3-7-12(11)13(10-14)8-4-5-9-13/h2-7H,8-9H2,1H3. The summed E-state index contributed by atoms with van der Waals surface area (Å²) in [7, 11) is 0. The number of allylic oxidation sites excluding steroid dienone is 2. The third kappa shape index (κ3) is 1.24. The minimum Gasteiger partial charge on any atom is -0.197 e. The second-order valence-electron chi connectivity index (χ2n) is 3.89. The quantitative estimate of drug-likeness (QED) is 0.614. The molecule has 0 amide bonds. The number of nitrogens with zero attached hydrogens (tertiary/aromatic N) is 1. The van der Waals surface area contributed by atoms with E-state index in [1.165, 1.54) is 11.1 Å². The normalized spacial score (nSPS) is 18.0. The van der Waals surface area contributed by atoms with Gasteiger partial charge in [-0.3, -0.25) is 0 Å². The van der Waals surface area contributed by atoms with Crippen molar-refractivity contribution in [3.8, 4) is 6.07 Å². The van der Waals surface area contributed by atoms with E-state index in [1.54, 1.807) is 0 Å². The number of rotatable bonds is 1. The summed E-state index contributed by atoms with van der Waals surface area (Å²) in [5, 5.41) is 9.30. The fraction of sp³-hybridized carbons (Fsp3) is 0.308. The number of benzene rings is 1. The van der Waals surface area contributed by atoms with Gasteiger partial charge in [-0.1, -0.05) is 36.4 Å². The van der Waals surface area contributed by atoms with Crippen molar-refractivity contribution in [2.24, 2.45) is 0 Å². The van der Waals surface area contributed by atoms with Gasteiger partial charge in [0.1, 0.15) is 0 Å². The Hall–Kier alpha value is -1.55. The Morgan fingerprint density at radius 1 is 1.21 bits per heavy atom. The van der Waals surface area contributed by atoms with Crippen LogP contribution in [0.4, 0.5) is 0 Å². The highest BCUT2D eigenvalue weighted by Crippen LogP contribution is 2.37. The van der Waals surface area contributed by atoms with Crippen molar-refractivity contribution in [3.63, 3.8) is 0 Å².